The first kappa shape index (κ1) is 14.1. The number of sulfone groups is 1. The largest absolute Gasteiger partial charge is 0.378 e. The number of pyridine rings is 1. The zero-order valence-corrected chi connectivity index (χ0v) is 10.6. The predicted molar refractivity (Wildman–Crippen MR) is 66.8 cm³/mol. The zero-order valence-electron chi connectivity index (χ0n) is 9.74. The van der Waals surface area contributed by atoms with E-state index in [0.717, 1.165) is 12.1 Å². The number of rotatable bonds is 5. The molecule has 0 fully saturated rings. The van der Waals surface area contributed by atoms with Crippen molar-refractivity contribution in [2.45, 2.75) is 23.6 Å². The number of aromatic nitrogens is 1. The molecule has 7 nitrogen and oxygen atoms in total. The summed E-state index contributed by atoms with van der Waals surface area (Å²) in [5.74, 6) is -0.417. The summed E-state index contributed by atoms with van der Waals surface area (Å²) in [4.78, 5) is 13.4. The lowest BCUT2D eigenvalue weighted by Gasteiger charge is -2.10. The van der Waals surface area contributed by atoms with Gasteiger partial charge >= 0.3 is 5.69 Å². The van der Waals surface area contributed by atoms with Gasteiger partial charge in [-0.2, -0.15) is 0 Å². The fourth-order valence-corrected chi connectivity index (χ4v) is 2.92. The minimum absolute atomic E-state index is 0.280. The minimum Gasteiger partial charge on any atom is -0.378 e. The minimum atomic E-state index is -3.70. The van der Waals surface area contributed by atoms with Crippen LogP contribution in [0.2, 0.25) is 0 Å². The first-order valence-electron chi connectivity index (χ1n) is 5.12. The highest BCUT2D eigenvalue weighted by Crippen LogP contribution is 2.24. The molecule has 1 aromatic rings. The van der Waals surface area contributed by atoms with E-state index in [9.17, 15) is 18.5 Å². The van der Waals surface area contributed by atoms with E-state index in [1.54, 1.807) is 6.92 Å². The standard InChI is InChI=1S/C10H13N3O4S/c1-3-7(4-2)18(16,17)9-6-5-8(13(14)15)10(11)12-9/h3,5-7H,1,4H2,2H3,(H2,11,12). The number of hydrogen-bond donors (Lipinski definition) is 1. The van der Waals surface area contributed by atoms with Crippen LogP contribution in [0, 0.1) is 10.1 Å². The van der Waals surface area contributed by atoms with Crippen LogP contribution in [0.4, 0.5) is 11.5 Å². The Hall–Kier alpha value is -1.96. The Morgan fingerprint density at radius 2 is 2.22 bits per heavy atom. The molecule has 0 aromatic carbocycles. The number of nitrogens with two attached hydrogens (primary N) is 1. The van der Waals surface area contributed by atoms with Crippen LogP contribution >= 0.6 is 0 Å². The Balaban J connectivity index is 3.31. The molecule has 0 amide bonds. The second-order valence-corrected chi connectivity index (χ2v) is 5.65. The summed E-state index contributed by atoms with van der Waals surface area (Å²) in [5.41, 5.74) is 4.94. The van der Waals surface area contributed by atoms with E-state index in [4.69, 9.17) is 5.73 Å². The third kappa shape index (κ3) is 2.48. The Morgan fingerprint density at radius 1 is 1.61 bits per heavy atom. The van der Waals surface area contributed by atoms with Crippen LogP contribution in [0.1, 0.15) is 13.3 Å². The molecule has 98 valence electrons. The average Bonchev–Trinajstić information content (AvgIpc) is 2.29. The van der Waals surface area contributed by atoms with Crippen molar-refractivity contribution in [2.24, 2.45) is 0 Å². The Kier molecular flexibility index (Phi) is 4.02. The normalized spacial score (nSPS) is 12.9. The van der Waals surface area contributed by atoms with Gasteiger partial charge in [-0.3, -0.25) is 10.1 Å². The molecule has 8 heteroatoms. The van der Waals surface area contributed by atoms with E-state index in [1.165, 1.54) is 6.08 Å². The SMILES string of the molecule is C=CC(CC)S(=O)(=O)c1ccc([N+](=O)[O-])c(N)n1. The van der Waals surface area contributed by atoms with Gasteiger partial charge in [-0.05, 0) is 12.5 Å². The highest BCUT2D eigenvalue weighted by atomic mass is 32.2. The highest BCUT2D eigenvalue weighted by molar-refractivity contribution is 7.92. The molecule has 0 saturated heterocycles. The van der Waals surface area contributed by atoms with Gasteiger partial charge in [0.15, 0.2) is 5.03 Å². The Labute approximate surface area is 104 Å². The van der Waals surface area contributed by atoms with E-state index in [1.807, 2.05) is 0 Å². The molecule has 0 aliphatic heterocycles. The maximum atomic E-state index is 12.1. The van der Waals surface area contributed by atoms with Crippen molar-refractivity contribution in [1.82, 2.24) is 4.98 Å². The Morgan fingerprint density at radius 3 is 2.61 bits per heavy atom. The molecule has 0 bridgehead atoms. The van der Waals surface area contributed by atoms with Gasteiger partial charge in [0.1, 0.15) is 0 Å². The maximum Gasteiger partial charge on any atom is 0.311 e. The molecule has 1 unspecified atom stereocenters. The van der Waals surface area contributed by atoms with Crippen molar-refractivity contribution in [2.75, 3.05) is 5.73 Å². The molecular formula is C10H13N3O4S. The van der Waals surface area contributed by atoms with Crippen molar-refractivity contribution < 1.29 is 13.3 Å². The lowest BCUT2D eigenvalue weighted by molar-refractivity contribution is -0.384. The summed E-state index contributed by atoms with van der Waals surface area (Å²) in [6.07, 6.45) is 1.64. The summed E-state index contributed by atoms with van der Waals surface area (Å²) in [5, 5.41) is 9.48. The average molecular weight is 271 g/mol. The smallest absolute Gasteiger partial charge is 0.311 e. The lowest BCUT2D eigenvalue weighted by Crippen LogP contribution is -2.19. The fraction of sp³-hybridized carbons (Fsp3) is 0.300. The van der Waals surface area contributed by atoms with Gasteiger partial charge in [0.2, 0.25) is 15.7 Å². The van der Waals surface area contributed by atoms with Crippen LogP contribution in [-0.2, 0) is 9.84 Å². The van der Waals surface area contributed by atoms with Crippen LogP contribution in [0.5, 0.6) is 0 Å². The van der Waals surface area contributed by atoms with Crippen LogP contribution in [-0.4, -0.2) is 23.6 Å². The van der Waals surface area contributed by atoms with Crippen LogP contribution < -0.4 is 5.73 Å². The molecule has 1 rings (SSSR count). The first-order valence-corrected chi connectivity index (χ1v) is 6.66. The molecule has 0 saturated carbocycles. The molecular weight excluding hydrogens is 258 g/mol. The molecule has 18 heavy (non-hydrogen) atoms. The summed E-state index contributed by atoms with van der Waals surface area (Å²) in [6, 6.07) is 2.11. The molecule has 1 aromatic heterocycles. The number of hydrogen-bond acceptors (Lipinski definition) is 6. The van der Waals surface area contributed by atoms with Gasteiger partial charge in [-0.15, -0.1) is 6.58 Å². The van der Waals surface area contributed by atoms with Crippen LogP contribution in [0.25, 0.3) is 0 Å². The van der Waals surface area contributed by atoms with Crippen LogP contribution in [0.3, 0.4) is 0 Å². The number of nitro groups is 1. The molecule has 1 atom stereocenters. The van der Waals surface area contributed by atoms with Gasteiger partial charge in [0.05, 0.1) is 10.2 Å². The van der Waals surface area contributed by atoms with Gasteiger partial charge in [0.25, 0.3) is 0 Å². The maximum absolute atomic E-state index is 12.1. The molecule has 0 aliphatic carbocycles. The van der Waals surface area contributed by atoms with Gasteiger partial charge in [0, 0.05) is 6.07 Å². The van der Waals surface area contributed by atoms with E-state index in [-0.39, 0.29) is 5.03 Å². The fourth-order valence-electron chi connectivity index (χ4n) is 1.43. The van der Waals surface area contributed by atoms with Crippen molar-refractivity contribution in [3.8, 4) is 0 Å². The van der Waals surface area contributed by atoms with E-state index < -0.39 is 31.5 Å². The molecule has 0 aliphatic rings. The number of nitrogen functional groups attached to an aromatic ring is 1. The number of anilines is 1. The van der Waals surface area contributed by atoms with Crippen molar-refractivity contribution >= 4 is 21.3 Å². The number of nitrogens with zero attached hydrogens (tertiary/aromatic N) is 2. The zero-order chi connectivity index (χ0) is 13.9. The highest BCUT2D eigenvalue weighted by Gasteiger charge is 2.26. The molecule has 0 radical (unpaired) electrons. The van der Waals surface area contributed by atoms with Gasteiger partial charge in [-0.1, -0.05) is 13.0 Å². The van der Waals surface area contributed by atoms with E-state index in [2.05, 4.69) is 11.6 Å². The topological polar surface area (TPSA) is 116 Å². The monoisotopic (exact) mass is 271 g/mol. The van der Waals surface area contributed by atoms with E-state index >= 15 is 0 Å². The van der Waals surface area contributed by atoms with Crippen molar-refractivity contribution in [3.63, 3.8) is 0 Å². The first-order chi connectivity index (χ1) is 8.34. The van der Waals surface area contributed by atoms with Crippen molar-refractivity contribution in [3.05, 3.63) is 34.9 Å². The third-order valence-corrected chi connectivity index (χ3v) is 4.56. The van der Waals surface area contributed by atoms with Gasteiger partial charge < -0.3 is 5.73 Å². The summed E-state index contributed by atoms with van der Waals surface area (Å²) in [6.45, 7) is 5.14. The second kappa shape index (κ2) is 5.13. The second-order valence-electron chi connectivity index (χ2n) is 3.54. The predicted octanol–water partition coefficient (Wildman–Crippen LogP) is 1.31. The quantitative estimate of drug-likeness (QED) is 0.490. The molecule has 0 spiro atoms. The lowest BCUT2D eigenvalue weighted by atomic mass is 10.3. The Bertz CT molecular complexity index is 583. The third-order valence-electron chi connectivity index (χ3n) is 2.43. The molecule has 1 heterocycles. The van der Waals surface area contributed by atoms with Crippen molar-refractivity contribution in [1.29, 1.82) is 0 Å². The summed E-state index contributed by atoms with van der Waals surface area (Å²) >= 11 is 0. The van der Waals surface area contributed by atoms with Crippen LogP contribution in [0.15, 0.2) is 29.8 Å². The summed E-state index contributed by atoms with van der Waals surface area (Å²) in [7, 11) is -3.70. The summed E-state index contributed by atoms with van der Waals surface area (Å²) < 4.78 is 24.1. The molecule has 2 N–H and O–H groups in total. The van der Waals surface area contributed by atoms with E-state index in [0.29, 0.717) is 6.42 Å². The van der Waals surface area contributed by atoms with Gasteiger partial charge in [-0.25, -0.2) is 13.4 Å².